The lowest BCUT2D eigenvalue weighted by Crippen LogP contribution is -2.04. The van der Waals surface area contributed by atoms with E-state index < -0.39 is 0 Å². The number of hydrogen-bond donors (Lipinski definition) is 1. The second-order valence-corrected chi connectivity index (χ2v) is 5.19. The molecule has 1 heterocycles. The standard InChI is InChI=1S/C18H19NO/c1-14(12-20-13-15-7-3-2-4-8-15)17-11-19-18-10-6-5-9-16(17)18/h2-11,14,19H,12-13H2,1H3. The summed E-state index contributed by atoms with van der Waals surface area (Å²) in [5.74, 6) is 0.384. The molecule has 0 fully saturated rings. The van der Waals surface area contributed by atoms with Gasteiger partial charge >= 0.3 is 0 Å². The summed E-state index contributed by atoms with van der Waals surface area (Å²) in [6.45, 7) is 3.62. The van der Waals surface area contributed by atoms with Gasteiger partial charge in [0.05, 0.1) is 13.2 Å². The summed E-state index contributed by atoms with van der Waals surface area (Å²) in [7, 11) is 0. The van der Waals surface area contributed by atoms with Gasteiger partial charge in [0.15, 0.2) is 0 Å². The summed E-state index contributed by atoms with van der Waals surface area (Å²) in [6, 6.07) is 18.7. The van der Waals surface area contributed by atoms with Crippen LogP contribution in [0, 0.1) is 0 Å². The largest absolute Gasteiger partial charge is 0.376 e. The van der Waals surface area contributed by atoms with Crippen molar-refractivity contribution in [2.45, 2.75) is 19.4 Å². The van der Waals surface area contributed by atoms with Gasteiger partial charge in [0.2, 0.25) is 0 Å². The maximum absolute atomic E-state index is 5.84. The molecule has 1 N–H and O–H groups in total. The van der Waals surface area contributed by atoms with E-state index >= 15 is 0 Å². The first-order valence-electron chi connectivity index (χ1n) is 7.02. The first kappa shape index (κ1) is 12.9. The molecule has 0 aliphatic heterocycles. The molecule has 3 aromatic rings. The molecule has 1 unspecified atom stereocenters. The van der Waals surface area contributed by atoms with Crippen molar-refractivity contribution in [1.82, 2.24) is 4.98 Å². The number of fused-ring (bicyclic) bond motifs is 1. The zero-order valence-corrected chi connectivity index (χ0v) is 11.7. The SMILES string of the molecule is CC(COCc1ccccc1)c1c[nH]c2ccccc12. The van der Waals surface area contributed by atoms with Gasteiger partial charge in [-0.1, -0.05) is 55.5 Å². The molecule has 3 rings (SSSR count). The van der Waals surface area contributed by atoms with Crippen molar-refractivity contribution in [3.8, 4) is 0 Å². The fourth-order valence-electron chi connectivity index (χ4n) is 2.52. The molecule has 0 radical (unpaired) electrons. The average molecular weight is 265 g/mol. The number of rotatable bonds is 5. The normalized spacial score (nSPS) is 12.7. The van der Waals surface area contributed by atoms with Crippen molar-refractivity contribution < 1.29 is 4.74 Å². The number of nitrogens with one attached hydrogen (secondary N) is 1. The smallest absolute Gasteiger partial charge is 0.0717 e. The van der Waals surface area contributed by atoms with Gasteiger partial charge in [-0.05, 0) is 17.2 Å². The molecule has 0 amide bonds. The summed E-state index contributed by atoms with van der Waals surface area (Å²) in [5, 5.41) is 1.29. The molecule has 2 nitrogen and oxygen atoms in total. The third-order valence-electron chi connectivity index (χ3n) is 3.63. The molecule has 102 valence electrons. The summed E-state index contributed by atoms with van der Waals surface area (Å²) >= 11 is 0. The van der Waals surface area contributed by atoms with Crippen LogP contribution < -0.4 is 0 Å². The van der Waals surface area contributed by atoms with E-state index in [1.807, 2.05) is 18.2 Å². The van der Waals surface area contributed by atoms with Crippen LogP contribution in [0.3, 0.4) is 0 Å². The van der Waals surface area contributed by atoms with E-state index in [0.29, 0.717) is 12.5 Å². The van der Waals surface area contributed by atoms with Gasteiger partial charge in [0.25, 0.3) is 0 Å². The Balaban J connectivity index is 1.63. The summed E-state index contributed by atoms with van der Waals surface area (Å²) in [6.07, 6.45) is 2.10. The molecule has 2 heteroatoms. The number of ether oxygens (including phenoxy) is 1. The third-order valence-corrected chi connectivity index (χ3v) is 3.63. The molecule has 0 aliphatic carbocycles. The topological polar surface area (TPSA) is 25.0 Å². The first-order valence-corrected chi connectivity index (χ1v) is 7.02. The number of aromatic amines is 1. The second kappa shape index (κ2) is 5.93. The van der Waals surface area contributed by atoms with Crippen LogP contribution in [0.1, 0.15) is 24.0 Å². The molecule has 1 atom stereocenters. The van der Waals surface area contributed by atoms with Crippen LogP contribution in [-0.2, 0) is 11.3 Å². The highest BCUT2D eigenvalue weighted by Crippen LogP contribution is 2.25. The molecule has 1 aromatic heterocycles. The quantitative estimate of drug-likeness (QED) is 0.722. The highest BCUT2D eigenvalue weighted by atomic mass is 16.5. The predicted octanol–water partition coefficient (Wildman–Crippen LogP) is 4.49. The number of para-hydroxylation sites is 1. The van der Waals surface area contributed by atoms with Gasteiger partial charge < -0.3 is 9.72 Å². The Labute approximate surface area is 119 Å². The maximum atomic E-state index is 5.84. The highest BCUT2D eigenvalue weighted by molar-refractivity contribution is 5.83. The van der Waals surface area contributed by atoms with Crippen molar-refractivity contribution in [3.05, 3.63) is 71.9 Å². The molecule has 0 spiro atoms. The number of H-pyrrole nitrogens is 1. The lowest BCUT2D eigenvalue weighted by Gasteiger charge is -2.11. The molecule has 0 saturated carbocycles. The van der Waals surface area contributed by atoms with E-state index in [0.717, 1.165) is 6.61 Å². The predicted molar refractivity (Wildman–Crippen MR) is 82.8 cm³/mol. The second-order valence-electron chi connectivity index (χ2n) is 5.19. The van der Waals surface area contributed by atoms with Crippen LogP contribution in [0.25, 0.3) is 10.9 Å². The Morgan fingerprint density at radius 2 is 1.75 bits per heavy atom. The molecule has 0 saturated heterocycles. The molecular weight excluding hydrogens is 246 g/mol. The maximum Gasteiger partial charge on any atom is 0.0717 e. The monoisotopic (exact) mass is 265 g/mol. The fourth-order valence-corrected chi connectivity index (χ4v) is 2.52. The minimum atomic E-state index is 0.384. The summed E-state index contributed by atoms with van der Waals surface area (Å²) in [4.78, 5) is 3.32. The Hall–Kier alpha value is -2.06. The lowest BCUT2D eigenvalue weighted by molar-refractivity contribution is 0.110. The van der Waals surface area contributed by atoms with Crippen LogP contribution in [0.4, 0.5) is 0 Å². The summed E-state index contributed by atoms with van der Waals surface area (Å²) < 4.78 is 5.84. The van der Waals surface area contributed by atoms with E-state index in [9.17, 15) is 0 Å². The Morgan fingerprint density at radius 1 is 1.00 bits per heavy atom. The van der Waals surface area contributed by atoms with Crippen molar-refractivity contribution in [2.24, 2.45) is 0 Å². The molecule has 0 bridgehead atoms. The van der Waals surface area contributed by atoms with E-state index in [4.69, 9.17) is 4.74 Å². The Bertz CT molecular complexity index is 672. The van der Waals surface area contributed by atoms with Gasteiger partial charge in [-0.3, -0.25) is 0 Å². The van der Waals surface area contributed by atoms with Gasteiger partial charge in [0, 0.05) is 23.0 Å². The van der Waals surface area contributed by atoms with Crippen molar-refractivity contribution in [2.75, 3.05) is 6.61 Å². The van der Waals surface area contributed by atoms with Crippen LogP contribution in [0.2, 0.25) is 0 Å². The zero-order chi connectivity index (χ0) is 13.8. The number of hydrogen-bond acceptors (Lipinski definition) is 1. The van der Waals surface area contributed by atoms with Crippen molar-refractivity contribution in [1.29, 1.82) is 0 Å². The number of benzene rings is 2. The number of aromatic nitrogens is 1. The Morgan fingerprint density at radius 3 is 2.60 bits per heavy atom. The van der Waals surface area contributed by atoms with Crippen LogP contribution in [0.5, 0.6) is 0 Å². The van der Waals surface area contributed by atoms with Gasteiger partial charge in [0.1, 0.15) is 0 Å². The van der Waals surface area contributed by atoms with Crippen LogP contribution >= 0.6 is 0 Å². The Kier molecular flexibility index (Phi) is 3.84. The first-order chi connectivity index (χ1) is 9.84. The average Bonchev–Trinajstić information content (AvgIpc) is 2.92. The molecule has 0 aliphatic rings. The van der Waals surface area contributed by atoms with Crippen molar-refractivity contribution in [3.63, 3.8) is 0 Å². The van der Waals surface area contributed by atoms with Gasteiger partial charge in [-0.15, -0.1) is 0 Å². The lowest BCUT2D eigenvalue weighted by atomic mass is 10.0. The third kappa shape index (κ3) is 2.75. The van der Waals surface area contributed by atoms with Crippen LogP contribution in [0.15, 0.2) is 60.8 Å². The summed E-state index contributed by atoms with van der Waals surface area (Å²) in [5.41, 5.74) is 3.74. The van der Waals surface area contributed by atoms with Gasteiger partial charge in [-0.25, -0.2) is 0 Å². The minimum Gasteiger partial charge on any atom is -0.376 e. The van der Waals surface area contributed by atoms with E-state index in [-0.39, 0.29) is 0 Å². The molecule has 20 heavy (non-hydrogen) atoms. The van der Waals surface area contributed by atoms with Crippen LogP contribution in [-0.4, -0.2) is 11.6 Å². The fraction of sp³-hybridized carbons (Fsp3) is 0.222. The highest BCUT2D eigenvalue weighted by Gasteiger charge is 2.11. The van der Waals surface area contributed by atoms with Gasteiger partial charge in [-0.2, -0.15) is 0 Å². The molecule has 2 aromatic carbocycles. The minimum absolute atomic E-state index is 0.384. The van der Waals surface area contributed by atoms with E-state index in [2.05, 4.69) is 54.5 Å². The van der Waals surface area contributed by atoms with E-state index in [1.54, 1.807) is 0 Å². The van der Waals surface area contributed by atoms with Crippen molar-refractivity contribution >= 4 is 10.9 Å². The van der Waals surface area contributed by atoms with E-state index in [1.165, 1.54) is 22.0 Å². The zero-order valence-electron chi connectivity index (χ0n) is 11.7. The molecular formula is C18H19NO.